The van der Waals surface area contributed by atoms with Gasteiger partial charge in [-0.3, -0.25) is 14.3 Å². The van der Waals surface area contributed by atoms with Crippen molar-refractivity contribution < 1.29 is 23.3 Å². The molecule has 2 atom stereocenters. The summed E-state index contributed by atoms with van der Waals surface area (Å²) in [7, 11) is -0.137. The van der Waals surface area contributed by atoms with Gasteiger partial charge in [0.1, 0.15) is 22.8 Å². The summed E-state index contributed by atoms with van der Waals surface area (Å²) >= 11 is 1.40. The number of ether oxygens (including phenoxy) is 2. The summed E-state index contributed by atoms with van der Waals surface area (Å²) < 4.78 is 25.8. The molecule has 11 heteroatoms. The Morgan fingerprint density at radius 3 is 2.16 bits per heavy atom. The highest BCUT2D eigenvalue weighted by atomic mass is 32.2. The fourth-order valence-electron chi connectivity index (χ4n) is 4.99. The molecule has 2 unspecified atom stereocenters. The number of benzene rings is 2. The van der Waals surface area contributed by atoms with E-state index in [4.69, 9.17) is 9.47 Å². The predicted octanol–water partition coefficient (Wildman–Crippen LogP) is 7.29. The van der Waals surface area contributed by atoms with Gasteiger partial charge in [0.15, 0.2) is 5.82 Å². The fourth-order valence-corrected chi connectivity index (χ4v) is 6.74. The van der Waals surface area contributed by atoms with Crippen molar-refractivity contribution in [1.82, 2.24) is 20.0 Å². The van der Waals surface area contributed by atoms with Crippen molar-refractivity contribution in [3.63, 3.8) is 0 Å². The molecule has 0 aliphatic rings. The third-order valence-electron chi connectivity index (χ3n) is 7.89. The van der Waals surface area contributed by atoms with Gasteiger partial charge in [-0.25, -0.2) is 14.2 Å². The van der Waals surface area contributed by atoms with Gasteiger partial charge in [0.2, 0.25) is 0 Å². The molecule has 49 heavy (non-hydrogen) atoms. The number of carbonyl (C=O) groups is 2. The van der Waals surface area contributed by atoms with Crippen LogP contribution in [0.3, 0.4) is 0 Å². The number of aromatic nitrogens is 2. The van der Waals surface area contributed by atoms with Gasteiger partial charge in [0, 0.05) is 41.9 Å². The summed E-state index contributed by atoms with van der Waals surface area (Å²) in [6.45, 7) is 9.43. The molecule has 0 saturated heterocycles. The zero-order chi connectivity index (χ0) is 35.2. The molecule has 0 radical (unpaired) electrons. The number of rotatable bonds is 18. The number of nitrogens with zero attached hydrogens (tertiary/aromatic N) is 2. The van der Waals surface area contributed by atoms with E-state index in [0.29, 0.717) is 10.7 Å². The van der Waals surface area contributed by atoms with E-state index in [1.54, 1.807) is 18.5 Å². The van der Waals surface area contributed by atoms with Crippen LogP contribution < -0.4 is 14.8 Å². The first kappa shape index (κ1) is 37.9. The monoisotopic (exact) mass is 704 g/mol. The van der Waals surface area contributed by atoms with Gasteiger partial charge in [-0.1, -0.05) is 89.8 Å². The van der Waals surface area contributed by atoms with Crippen LogP contribution in [0.4, 0.5) is 0 Å². The lowest BCUT2D eigenvalue weighted by molar-refractivity contribution is -0.121. The van der Waals surface area contributed by atoms with Crippen LogP contribution in [-0.2, 0) is 32.4 Å². The molecule has 0 fully saturated rings. The Kier molecular flexibility index (Phi) is 14.5. The minimum atomic E-state index is -1.64. The maximum atomic E-state index is 13.2. The van der Waals surface area contributed by atoms with Crippen molar-refractivity contribution in [1.29, 1.82) is 0 Å². The van der Waals surface area contributed by atoms with Crippen LogP contribution in [0.25, 0.3) is 22.5 Å². The van der Waals surface area contributed by atoms with Crippen LogP contribution >= 0.6 is 11.3 Å². The molecule has 4 aromatic rings. The molecule has 2 aromatic carbocycles. The summed E-state index contributed by atoms with van der Waals surface area (Å²) in [6.07, 6.45) is 9.84. The van der Waals surface area contributed by atoms with E-state index in [2.05, 4.69) is 47.7 Å². The number of amides is 2. The van der Waals surface area contributed by atoms with Gasteiger partial charge >= 0.3 is 0 Å². The van der Waals surface area contributed by atoms with Gasteiger partial charge in [0.05, 0.1) is 23.8 Å². The highest BCUT2D eigenvalue weighted by molar-refractivity contribution is 7.83. The molecule has 2 N–H and O–H groups in total. The molecule has 0 spiro atoms. The molecule has 2 aromatic heterocycles. The van der Waals surface area contributed by atoms with Gasteiger partial charge in [-0.05, 0) is 47.2 Å². The lowest BCUT2D eigenvalue weighted by Gasteiger charge is -2.18. The SMILES string of the molecule is CCCCCCCOc1ccc(-c2cnc(-c3ccc(CC(NC(=O)c4ccc(C(C)(C)C)s4)C(=O)NS(=O)CCOC)cc3)nc2)cc1. The van der Waals surface area contributed by atoms with Crippen LogP contribution in [0.5, 0.6) is 5.75 Å². The van der Waals surface area contributed by atoms with Crippen LogP contribution in [0, 0.1) is 0 Å². The van der Waals surface area contributed by atoms with Gasteiger partial charge in [-0.15, -0.1) is 11.3 Å². The van der Waals surface area contributed by atoms with E-state index in [9.17, 15) is 13.8 Å². The number of hydrogen-bond acceptors (Lipinski definition) is 8. The highest BCUT2D eigenvalue weighted by Gasteiger charge is 2.25. The second-order valence-corrected chi connectivity index (χ2v) is 15.3. The van der Waals surface area contributed by atoms with Crippen molar-refractivity contribution in [2.75, 3.05) is 26.1 Å². The fraction of sp³-hybridized carbons (Fsp3) is 0.421. The van der Waals surface area contributed by atoms with Crippen molar-refractivity contribution in [3.05, 3.63) is 88.4 Å². The molecule has 0 bridgehead atoms. The first-order valence-corrected chi connectivity index (χ1v) is 18.9. The summed E-state index contributed by atoms with van der Waals surface area (Å²) in [5.74, 6) is 0.696. The Morgan fingerprint density at radius 2 is 1.53 bits per heavy atom. The molecule has 262 valence electrons. The molecular weight excluding hydrogens is 657 g/mol. The largest absolute Gasteiger partial charge is 0.494 e. The predicted molar refractivity (Wildman–Crippen MR) is 198 cm³/mol. The zero-order valence-electron chi connectivity index (χ0n) is 29.1. The second kappa shape index (κ2) is 18.7. The van der Waals surface area contributed by atoms with Crippen LogP contribution in [0.2, 0.25) is 0 Å². The minimum Gasteiger partial charge on any atom is -0.494 e. The summed E-state index contributed by atoms with van der Waals surface area (Å²) in [4.78, 5) is 37.2. The highest BCUT2D eigenvalue weighted by Crippen LogP contribution is 2.29. The van der Waals surface area contributed by atoms with E-state index >= 15 is 0 Å². The van der Waals surface area contributed by atoms with Crippen molar-refractivity contribution in [3.8, 4) is 28.3 Å². The Hall–Kier alpha value is -3.93. The summed E-state index contributed by atoms with van der Waals surface area (Å²) in [6, 6.07) is 18.3. The molecular formula is C38H48N4O5S2. The topological polar surface area (TPSA) is 120 Å². The zero-order valence-corrected chi connectivity index (χ0v) is 30.8. The molecule has 4 rings (SSSR count). The lowest BCUT2D eigenvalue weighted by atomic mass is 9.95. The molecule has 9 nitrogen and oxygen atoms in total. The van der Waals surface area contributed by atoms with E-state index in [1.807, 2.05) is 54.6 Å². The maximum Gasteiger partial charge on any atom is 0.262 e. The van der Waals surface area contributed by atoms with Crippen LogP contribution in [-0.4, -0.2) is 58.1 Å². The number of carbonyl (C=O) groups excluding carboxylic acids is 2. The van der Waals surface area contributed by atoms with E-state index in [1.165, 1.54) is 44.1 Å². The third kappa shape index (κ3) is 11.9. The molecule has 2 amide bonds. The summed E-state index contributed by atoms with van der Waals surface area (Å²) in [5.41, 5.74) is 3.44. The number of nitrogens with one attached hydrogen (secondary N) is 2. The third-order valence-corrected chi connectivity index (χ3v) is 10.4. The smallest absolute Gasteiger partial charge is 0.262 e. The van der Waals surface area contributed by atoms with E-state index in [-0.39, 0.29) is 30.1 Å². The van der Waals surface area contributed by atoms with Gasteiger partial charge < -0.3 is 14.8 Å². The normalized spacial score (nSPS) is 12.7. The first-order chi connectivity index (χ1) is 23.6. The van der Waals surface area contributed by atoms with Crippen molar-refractivity contribution in [2.24, 2.45) is 0 Å². The van der Waals surface area contributed by atoms with Gasteiger partial charge in [0.25, 0.3) is 11.8 Å². The van der Waals surface area contributed by atoms with E-state index in [0.717, 1.165) is 45.9 Å². The Labute approximate surface area is 296 Å². The molecule has 0 saturated carbocycles. The molecule has 0 aliphatic carbocycles. The molecule has 2 heterocycles. The Morgan fingerprint density at radius 1 is 0.857 bits per heavy atom. The summed E-state index contributed by atoms with van der Waals surface area (Å²) in [5, 5.41) is 2.86. The average Bonchev–Trinajstić information content (AvgIpc) is 3.61. The number of thiophene rings is 1. The number of hydrogen-bond donors (Lipinski definition) is 2. The second-order valence-electron chi connectivity index (χ2n) is 12.9. The van der Waals surface area contributed by atoms with Crippen LogP contribution in [0.1, 0.15) is 79.9 Å². The Balaban J connectivity index is 1.39. The van der Waals surface area contributed by atoms with Crippen LogP contribution in [0.15, 0.2) is 73.1 Å². The number of unbranched alkanes of at least 4 members (excludes halogenated alkanes) is 4. The minimum absolute atomic E-state index is 0.0995. The van der Waals surface area contributed by atoms with Gasteiger partial charge in [-0.2, -0.15) is 0 Å². The van der Waals surface area contributed by atoms with Crippen molar-refractivity contribution >= 4 is 34.1 Å². The average molecular weight is 705 g/mol. The quantitative estimate of drug-likeness (QED) is 0.105. The lowest BCUT2D eigenvalue weighted by Crippen LogP contribution is -2.48. The molecule has 0 aliphatic heterocycles. The number of methoxy groups -OCH3 is 1. The standard InChI is InChI=1S/C38H48N4O5S2/c1-6-7-8-9-10-21-47-31-17-15-28(16-18-31)30-25-39-35(40-26-30)29-13-11-27(12-14-29)24-32(36(43)42-49(45)23-22-46-5)41-37(44)33-19-20-34(48-33)38(2,3)4/h11-20,25-26,32H,6-10,21-24H2,1-5H3,(H,41,44)(H,42,43). The maximum absolute atomic E-state index is 13.2. The first-order valence-electron chi connectivity index (χ1n) is 16.8. The Bertz CT molecular complexity index is 1650. The van der Waals surface area contributed by atoms with Crippen molar-refractivity contribution in [2.45, 2.75) is 77.7 Å². The van der Waals surface area contributed by atoms with E-state index < -0.39 is 22.9 Å².